The Kier molecular flexibility index (Phi) is 7.73. The van der Waals surface area contributed by atoms with Crippen molar-refractivity contribution < 1.29 is 14.3 Å². The van der Waals surface area contributed by atoms with Crippen molar-refractivity contribution in [2.45, 2.75) is 58.5 Å². The molecule has 0 radical (unpaired) electrons. The Morgan fingerprint density at radius 2 is 2.08 bits per heavy atom. The zero-order valence-electron chi connectivity index (χ0n) is 22.2. The van der Waals surface area contributed by atoms with Crippen LogP contribution in [0.4, 0.5) is 4.79 Å². The highest BCUT2D eigenvalue weighted by Gasteiger charge is 2.26. The summed E-state index contributed by atoms with van der Waals surface area (Å²) in [6.07, 6.45) is 12.7. The molecule has 0 aliphatic carbocycles. The topological polar surface area (TPSA) is 107 Å². The van der Waals surface area contributed by atoms with E-state index in [1.165, 1.54) is 0 Å². The van der Waals surface area contributed by atoms with Gasteiger partial charge in [-0.3, -0.25) is 4.98 Å². The van der Waals surface area contributed by atoms with E-state index in [0.717, 1.165) is 46.8 Å². The van der Waals surface area contributed by atoms with E-state index in [1.54, 1.807) is 35.7 Å². The molecule has 0 fully saturated rings. The molecule has 5 rings (SSSR count). The lowest BCUT2D eigenvalue weighted by molar-refractivity contribution is 0.177. The highest BCUT2D eigenvalue weighted by Crippen LogP contribution is 2.34. The summed E-state index contributed by atoms with van der Waals surface area (Å²) in [7, 11) is 1.61. The first-order chi connectivity index (χ1) is 18.5. The van der Waals surface area contributed by atoms with Gasteiger partial charge >= 0.3 is 6.03 Å². The van der Waals surface area contributed by atoms with Gasteiger partial charge in [-0.05, 0) is 46.1 Å². The highest BCUT2D eigenvalue weighted by atomic mass is 32.1. The van der Waals surface area contributed by atoms with Crippen LogP contribution < -0.4 is 14.8 Å². The number of amides is 2. The molecule has 0 unspecified atom stereocenters. The standard InChI is InChI=1S/C27H33N7O3S/c1-5-34-17(2)21-13-19(23(36-4)14-30-21)22-16-33-11-10-28-25(33)26(31-22)37-12-8-6-7-9-20(32-27(34)35)24-15-29-18(3)38-24/h10-11,13-17,20H,5-9,12H2,1-4H3,(H,32,35)/t17-,20-/m1/s1. The molecule has 11 heteroatoms. The fourth-order valence-corrected chi connectivity index (χ4v) is 5.66. The van der Waals surface area contributed by atoms with Gasteiger partial charge in [0, 0.05) is 41.8 Å². The maximum atomic E-state index is 13.6. The van der Waals surface area contributed by atoms with E-state index in [0.29, 0.717) is 36.1 Å². The maximum absolute atomic E-state index is 13.6. The van der Waals surface area contributed by atoms with Crippen LogP contribution in [0, 0.1) is 6.92 Å². The monoisotopic (exact) mass is 535 g/mol. The van der Waals surface area contributed by atoms with Gasteiger partial charge in [-0.25, -0.2) is 19.7 Å². The highest BCUT2D eigenvalue weighted by molar-refractivity contribution is 7.11. The number of nitrogens with zero attached hydrogens (tertiary/aromatic N) is 6. The van der Waals surface area contributed by atoms with E-state index in [2.05, 4.69) is 20.3 Å². The van der Waals surface area contributed by atoms with Crippen molar-refractivity contribution >= 4 is 23.0 Å². The molecule has 4 aromatic heterocycles. The van der Waals surface area contributed by atoms with Gasteiger partial charge in [0.15, 0.2) is 0 Å². The van der Waals surface area contributed by atoms with Crippen LogP contribution in [0.15, 0.2) is 37.1 Å². The van der Waals surface area contributed by atoms with Crippen molar-refractivity contribution in [3.63, 3.8) is 0 Å². The Morgan fingerprint density at radius 1 is 1.21 bits per heavy atom. The number of imidazole rings is 1. The molecule has 4 bridgehead atoms. The summed E-state index contributed by atoms with van der Waals surface area (Å²) < 4.78 is 13.7. The summed E-state index contributed by atoms with van der Waals surface area (Å²) in [4.78, 5) is 34.8. The molecule has 2 amide bonds. The number of fused-ring (bicyclic) bond motifs is 7. The van der Waals surface area contributed by atoms with Gasteiger partial charge in [0.25, 0.3) is 5.88 Å². The normalized spacial score (nSPS) is 19.1. The number of hydrogen-bond donors (Lipinski definition) is 1. The Labute approximate surface area is 226 Å². The quantitative estimate of drug-likeness (QED) is 0.377. The minimum atomic E-state index is -0.281. The summed E-state index contributed by atoms with van der Waals surface area (Å²) >= 11 is 1.63. The summed E-state index contributed by atoms with van der Waals surface area (Å²) in [5.74, 6) is 1.07. The third-order valence-electron chi connectivity index (χ3n) is 6.88. The molecule has 4 aromatic rings. The Balaban J connectivity index is 1.56. The van der Waals surface area contributed by atoms with Crippen molar-refractivity contribution in [3.05, 3.63) is 52.6 Å². The van der Waals surface area contributed by atoms with Crippen LogP contribution in [0.1, 0.15) is 67.2 Å². The van der Waals surface area contributed by atoms with Gasteiger partial charge in [-0.2, -0.15) is 0 Å². The van der Waals surface area contributed by atoms with E-state index >= 15 is 0 Å². The number of carbonyl (C=O) groups is 1. The Morgan fingerprint density at radius 3 is 2.84 bits per heavy atom. The zero-order chi connectivity index (χ0) is 26.6. The van der Waals surface area contributed by atoms with E-state index in [1.807, 2.05) is 49.8 Å². The summed E-state index contributed by atoms with van der Waals surface area (Å²) in [6, 6.07) is 1.43. The third-order valence-corrected chi connectivity index (χ3v) is 7.91. The second-order valence-electron chi connectivity index (χ2n) is 9.34. The van der Waals surface area contributed by atoms with Gasteiger partial charge in [-0.15, -0.1) is 11.3 Å². The lowest BCUT2D eigenvalue weighted by atomic mass is 10.1. The minimum absolute atomic E-state index is 0.104. The fourth-order valence-electron chi connectivity index (χ4n) is 4.79. The number of aryl methyl sites for hydroxylation is 1. The molecule has 0 saturated heterocycles. The van der Waals surface area contributed by atoms with Crippen molar-refractivity contribution in [1.82, 2.24) is 34.6 Å². The van der Waals surface area contributed by atoms with Gasteiger partial charge in [0.1, 0.15) is 5.75 Å². The van der Waals surface area contributed by atoms with Crippen LogP contribution in [0.5, 0.6) is 11.6 Å². The molecular formula is C27H33N7O3S. The average Bonchev–Trinajstić information content (AvgIpc) is 3.58. The number of nitrogens with one attached hydrogen (secondary N) is 1. The van der Waals surface area contributed by atoms with Gasteiger partial charge in [0.05, 0.1) is 48.4 Å². The molecule has 1 N–H and O–H groups in total. The molecule has 38 heavy (non-hydrogen) atoms. The van der Waals surface area contributed by atoms with Crippen molar-refractivity contribution in [2.24, 2.45) is 0 Å². The molecule has 1 aliphatic rings. The number of methoxy groups -OCH3 is 1. The number of carbonyl (C=O) groups excluding carboxylic acids is 1. The second-order valence-corrected chi connectivity index (χ2v) is 10.6. The second kappa shape index (κ2) is 11.3. The van der Waals surface area contributed by atoms with Crippen LogP contribution in [0.2, 0.25) is 0 Å². The van der Waals surface area contributed by atoms with Crippen molar-refractivity contribution in [3.8, 4) is 22.9 Å². The number of pyridine rings is 1. The Hall–Kier alpha value is -3.73. The number of ether oxygens (including phenoxy) is 2. The van der Waals surface area contributed by atoms with Crippen LogP contribution >= 0.6 is 11.3 Å². The number of rotatable bonds is 3. The van der Waals surface area contributed by atoms with Crippen LogP contribution in [-0.2, 0) is 0 Å². The fraction of sp³-hybridized carbons (Fsp3) is 0.444. The lowest BCUT2D eigenvalue weighted by Crippen LogP contribution is -2.43. The minimum Gasteiger partial charge on any atom is -0.494 e. The van der Waals surface area contributed by atoms with Crippen molar-refractivity contribution in [1.29, 1.82) is 0 Å². The molecule has 0 aromatic carbocycles. The van der Waals surface area contributed by atoms with Gasteiger partial charge in [-0.1, -0.05) is 6.42 Å². The first kappa shape index (κ1) is 25.9. The number of urea groups is 1. The zero-order valence-corrected chi connectivity index (χ0v) is 23.0. The molecule has 10 nitrogen and oxygen atoms in total. The molecule has 200 valence electrons. The van der Waals surface area contributed by atoms with E-state index in [9.17, 15) is 4.79 Å². The molecule has 0 spiro atoms. The average molecular weight is 536 g/mol. The first-order valence-electron chi connectivity index (χ1n) is 13.0. The maximum Gasteiger partial charge on any atom is 0.318 e. The van der Waals surface area contributed by atoms with Crippen molar-refractivity contribution in [2.75, 3.05) is 20.3 Å². The number of hydrogen-bond acceptors (Lipinski definition) is 8. The van der Waals surface area contributed by atoms with Gasteiger partial charge < -0.3 is 24.1 Å². The van der Waals surface area contributed by atoms with E-state index < -0.39 is 0 Å². The lowest BCUT2D eigenvalue weighted by Gasteiger charge is -2.30. The SMILES string of the molecule is CCN1C(=O)N[C@@H](c2cnc(C)s2)CCCCCOc2nc(cn3ccnc23)-c2cc(ncc2OC)[C@H]1C. The third kappa shape index (κ3) is 5.28. The van der Waals surface area contributed by atoms with Gasteiger partial charge in [0.2, 0.25) is 5.65 Å². The van der Waals surface area contributed by atoms with E-state index in [4.69, 9.17) is 14.5 Å². The summed E-state index contributed by atoms with van der Waals surface area (Å²) in [5.41, 5.74) is 2.85. The first-order valence-corrected chi connectivity index (χ1v) is 13.8. The van der Waals surface area contributed by atoms with E-state index in [-0.39, 0.29) is 18.1 Å². The predicted octanol–water partition coefficient (Wildman–Crippen LogP) is 5.35. The predicted molar refractivity (Wildman–Crippen MR) is 146 cm³/mol. The van der Waals surface area contributed by atoms with Crippen LogP contribution in [-0.4, -0.2) is 55.5 Å². The Bertz CT molecular complexity index is 1420. The molecule has 0 saturated carbocycles. The summed E-state index contributed by atoms with van der Waals surface area (Å²) in [6.45, 7) is 7.01. The molecule has 2 atom stereocenters. The largest absolute Gasteiger partial charge is 0.494 e. The van der Waals surface area contributed by atoms with Crippen LogP contribution in [0.3, 0.4) is 0 Å². The summed E-state index contributed by atoms with van der Waals surface area (Å²) in [5, 5.41) is 4.26. The molecule has 1 aliphatic heterocycles. The number of thiazole rings is 1. The number of aromatic nitrogens is 5. The molecular weight excluding hydrogens is 502 g/mol. The molecule has 5 heterocycles. The smallest absolute Gasteiger partial charge is 0.318 e. The van der Waals surface area contributed by atoms with Crippen LogP contribution in [0.25, 0.3) is 16.9 Å².